The van der Waals surface area contributed by atoms with Gasteiger partial charge in [-0.15, -0.1) is 0 Å². The summed E-state index contributed by atoms with van der Waals surface area (Å²) in [6.45, 7) is 1.55. The first-order valence-corrected chi connectivity index (χ1v) is 8.57. The van der Waals surface area contributed by atoms with E-state index in [1.165, 1.54) is 0 Å². The number of methoxy groups -OCH3 is 1. The Bertz CT molecular complexity index is 588. The van der Waals surface area contributed by atoms with Crippen molar-refractivity contribution in [1.29, 1.82) is 0 Å². The first-order valence-electron chi connectivity index (χ1n) is 8.57. The molecular weight excluding hydrogens is 306 g/mol. The Hall–Kier alpha value is -2.24. The maximum Gasteiger partial charge on any atom is 0.322 e. The van der Waals surface area contributed by atoms with Gasteiger partial charge in [0.2, 0.25) is 5.91 Å². The number of carbonyl (C=O) groups is 2. The van der Waals surface area contributed by atoms with Gasteiger partial charge in [-0.2, -0.15) is 0 Å². The fraction of sp³-hybridized carbons (Fsp3) is 0.556. The van der Waals surface area contributed by atoms with Gasteiger partial charge in [0, 0.05) is 30.7 Å². The number of anilines is 1. The molecule has 0 aliphatic carbocycles. The van der Waals surface area contributed by atoms with Crippen LogP contribution in [-0.4, -0.2) is 42.1 Å². The summed E-state index contributed by atoms with van der Waals surface area (Å²) in [5.41, 5.74) is 0.767. The SMILES string of the molecule is COc1ccc(NC(=O)N2C3CCCC2CC(NC(C)=O)C3)cc1. The van der Waals surface area contributed by atoms with Crippen LogP contribution in [0.15, 0.2) is 24.3 Å². The average Bonchev–Trinajstić information content (AvgIpc) is 2.54. The first-order chi connectivity index (χ1) is 11.6. The maximum absolute atomic E-state index is 12.8. The quantitative estimate of drug-likeness (QED) is 0.895. The topological polar surface area (TPSA) is 70.7 Å². The van der Waals surface area contributed by atoms with Crippen molar-refractivity contribution in [3.8, 4) is 5.75 Å². The zero-order valence-corrected chi connectivity index (χ0v) is 14.2. The van der Waals surface area contributed by atoms with Crippen molar-refractivity contribution >= 4 is 17.6 Å². The number of piperidine rings is 2. The molecule has 0 radical (unpaired) electrons. The van der Waals surface area contributed by atoms with Gasteiger partial charge in [-0.25, -0.2) is 4.79 Å². The molecule has 3 amide bonds. The number of carbonyl (C=O) groups excluding carboxylic acids is 2. The van der Waals surface area contributed by atoms with E-state index in [4.69, 9.17) is 4.74 Å². The van der Waals surface area contributed by atoms with Crippen LogP contribution in [0.25, 0.3) is 0 Å². The lowest BCUT2D eigenvalue weighted by Gasteiger charge is -2.48. The molecule has 24 heavy (non-hydrogen) atoms. The van der Waals surface area contributed by atoms with Gasteiger partial charge in [0.1, 0.15) is 5.75 Å². The predicted molar refractivity (Wildman–Crippen MR) is 92.1 cm³/mol. The summed E-state index contributed by atoms with van der Waals surface area (Å²) in [6, 6.07) is 7.89. The number of ether oxygens (including phenoxy) is 1. The Kier molecular flexibility index (Phi) is 4.92. The standard InChI is InChI=1S/C18H25N3O3/c1-12(22)19-14-10-15-4-3-5-16(11-14)21(15)18(23)20-13-6-8-17(24-2)9-7-13/h6-9,14-16H,3-5,10-11H2,1-2H3,(H,19,22)(H,20,23). The molecule has 6 nitrogen and oxygen atoms in total. The highest BCUT2D eigenvalue weighted by molar-refractivity contribution is 5.90. The van der Waals surface area contributed by atoms with E-state index >= 15 is 0 Å². The molecule has 0 spiro atoms. The second-order valence-electron chi connectivity index (χ2n) is 6.67. The van der Waals surface area contributed by atoms with Gasteiger partial charge in [-0.05, 0) is 56.4 Å². The van der Waals surface area contributed by atoms with Gasteiger partial charge in [-0.1, -0.05) is 0 Å². The molecule has 0 saturated carbocycles. The number of urea groups is 1. The van der Waals surface area contributed by atoms with Crippen LogP contribution >= 0.6 is 0 Å². The molecule has 1 aromatic rings. The van der Waals surface area contributed by atoms with Crippen LogP contribution in [-0.2, 0) is 4.79 Å². The summed E-state index contributed by atoms with van der Waals surface area (Å²) in [5, 5.41) is 6.01. The number of nitrogens with zero attached hydrogens (tertiary/aromatic N) is 1. The van der Waals surface area contributed by atoms with Crippen molar-refractivity contribution in [2.24, 2.45) is 0 Å². The van der Waals surface area contributed by atoms with E-state index < -0.39 is 0 Å². The molecule has 0 aromatic heterocycles. The zero-order valence-electron chi connectivity index (χ0n) is 14.2. The summed E-state index contributed by atoms with van der Waals surface area (Å²) < 4.78 is 5.14. The van der Waals surface area contributed by atoms with Crippen molar-refractivity contribution in [1.82, 2.24) is 10.2 Å². The number of fused-ring (bicyclic) bond motifs is 2. The fourth-order valence-electron chi connectivity index (χ4n) is 3.98. The lowest BCUT2D eigenvalue weighted by Crippen LogP contribution is -2.59. The Labute approximate surface area is 142 Å². The van der Waals surface area contributed by atoms with Crippen molar-refractivity contribution in [3.05, 3.63) is 24.3 Å². The highest BCUT2D eigenvalue weighted by atomic mass is 16.5. The van der Waals surface area contributed by atoms with Gasteiger partial charge in [-0.3, -0.25) is 4.79 Å². The zero-order chi connectivity index (χ0) is 17.1. The number of rotatable bonds is 3. The Morgan fingerprint density at radius 2 is 1.75 bits per heavy atom. The Balaban J connectivity index is 1.66. The molecular formula is C18H25N3O3. The smallest absolute Gasteiger partial charge is 0.322 e. The molecule has 2 fully saturated rings. The van der Waals surface area contributed by atoms with Crippen LogP contribution in [0.2, 0.25) is 0 Å². The number of hydrogen-bond acceptors (Lipinski definition) is 3. The minimum absolute atomic E-state index is 0.00853. The predicted octanol–water partition coefficient (Wildman–Crippen LogP) is 2.75. The second-order valence-corrected chi connectivity index (χ2v) is 6.67. The van der Waals surface area contributed by atoms with E-state index in [9.17, 15) is 9.59 Å². The highest BCUT2D eigenvalue weighted by Crippen LogP contribution is 2.34. The summed E-state index contributed by atoms with van der Waals surface area (Å²) >= 11 is 0. The minimum atomic E-state index is -0.0452. The van der Waals surface area contributed by atoms with E-state index in [-0.39, 0.29) is 30.1 Å². The molecule has 2 atom stereocenters. The van der Waals surface area contributed by atoms with Crippen LogP contribution in [0.4, 0.5) is 10.5 Å². The van der Waals surface area contributed by atoms with Crippen LogP contribution in [0.1, 0.15) is 39.0 Å². The largest absolute Gasteiger partial charge is 0.497 e. The number of nitrogens with one attached hydrogen (secondary N) is 2. The van der Waals surface area contributed by atoms with Crippen molar-refractivity contribution in [2.75, 3.05) is 12.4 Å². The first kappa shape index (κ1) is 16.6. The van der Waals surface area contributed by atoms with E-state index in [2.05, 4.69) is 10.6 Å². The third-order valence-corrected chi connectivity index (χ3v) is 4.96. The third-order valence-electron chi connectivity index (χ3n) is 4.96. The highest BCUT2D eigenvalue weighted by Gasteiger charge is 2.41. The summed E-state index contributed by atoms with van der Waals surface area (Å²) in [7, 11) is 1.62. The molecule has 2 aliphatic rings. The average molecular weight is 331 g/mol. The maximum atomic E-state index is 12.8. The molecule has 2 heterocycles. The minimum Gasteiger partial charge on any atom is -0.497 e. The monoisotopic (exact) mass is 331 g/mol. The molecule has 2 aliphatic heterocycles. The Morgan fingerprint density at radius 1 is 1.12 bits per heavy atom. The number of hydrogen-bond donors (Lipinski definition) is 2. The lowest BCUT2D eigenvalue weighted by molar-refractivity contribution is -0.120. The van der Waals surface area contributed by atoms with Gasteiger partial charge in [0.15, 0.2) is 0 Å². The van der Waals surface area contributed by atoms with Crippen molar-refractivity contribution in [3.63, 3.8) is 0 Å². The molecule has 6 heteroatoms. The normalized spacial score (nSPS) is 25.8. The van der Waals surface area contributed by atoms with E-state index in [1.807, 2.05) is 29.2 Å². The summed E-state index contributed by atoms with van der Waals surface area (Å²) in [6.07, 6.45) is 4.83. The fourth-order valence-corrected chi connectivity index (χ4v) is 3.98. The van der Waals surface area contributed by atoms with E-state index in [0.717, 1.165) is 43.5 Å². The molecule has 2 unspecified atom stereocenters. The molecule has 3 rings (SSSR count). The molecule has 130 valence electrons. The third kappa shape index (κ3) is 3.63. The molecule has 1 aromatic carbocycles. The van der Waals surface area contributed by atoms with Gasteiger partial charge in [0.05, 0.1) is 7.11 Å². The number of benzene rings is 1. The van der Waals surface area contributed by atoms with E-state index in [1.54, 1.807) is 14.0 Å². The van der Waals surface area contributed by atoms with Crippen molar-refractivity contribution < 1.29 is 14.3 Å². The van der Waals surface area contributed by atoms with Crippen LogP contribution in [0, 0.1) is 0 Å². The second kappa shape index (κ2) is 7.11. The van der Waals surface area contributed by atoms with Crippen LogP contribution < -0.4 is 15.4 Å². The van der Waals surface area contributed by atoms with Crippen LogP contribution in [0.5, 0.6) is 5.75 Å². The van der Waals surface area contributed by atoms with Gasteiger partial charge < -0.3 is 20.3 Å². The van der Waals surface area contributed by atoms with Gasteiger partial charge in [0.25, 0.3) is 0 Å². The molecule has 2 bridgehead atoms. The Morgan fingerprint density at radius 3 is 2.29 bits per heavy atom. The van der Waals surface area contributed by atoms with Crippen molar-refractivity contribution in [2.45, 2.75) is 57.2 Å². The summed E-state index contributed by atoms with van der Waals surface area (Å²) in [4.78, 5) is 26.1. The van der Waals surface area contributed by atoms with Crippen LogP contribution in [0.3, 0.4) is 0 Å². The molecule has 2 saturated heterocycles. The lowest BCUT2D eigenvalue weighted by atomic mass is 9.82. The number of amides is 3. The molecule has 2 N–H and O–H groups in total. The van der Waals surface area contributed by atoms with Gasteiger partial charge >= 0.3 is 6.03 Å². The van der Waals surface area contributed by atoms with E-state index in [0.29, 0.717) is 0 Å². The summed E-state index contributed by atoms with van der Waals surface area (Å²) in [5.74, 6) is 0.773.